The van der Waals surface area contributed by atoms with Gasteiger partial charge >= 0.3 is 29.6 Å². The minimum absolute atomic E-state index is 0. The zero-order valence-electron chi connectivity index (χ0n) is 4.65. The maximum atomic E-state index is 3.00. The average molecular weight is 119 g/mol. The van der Waals surface area contributed by atoms with E-state index in [0.29, 0.717) is 0 Å². The molecule has 0 aliphatic carbocycles. The number of aromatic amines is 1. The topological polar surface area (TPSA) is 15.8 Å². The van der Waals surface area contributed by atoms with Gasteiger partial charge in [0.1, 0.15) is 0 Å². The number of aryl methyl sites for hydroxylation is 2. The predicted molar refractivity (Wildman–Crippen MR) is 37.4 cm³/mol. The fraction of sp³-hybridized carbons (Fsp3) is 0.333. The zero-order valence-corrected chi connectivity index (χ0v) is 4.65. The van der Waals surface area contributed by atoms with Crippen LogP contribution in [-0.2, 0) is 0 Å². The van der Waals surface area contributed by atoms with Crippen LogP contribution in [0, 0.1) is 13.8 Å². The van der Waals surface area contributed by atoms with Gasteiger partial charge in [0, 0.05) is 12.4 Å². The van der Waals surface area contributed by atoms with Crippen LogP contribution in [0.3, 0.4) is 0 Å². The van der Waals surface area contributed by atoms with Gasteiger partial charge in [-0.1, -0.05) is 0 Å². The molecule has 0 bridgehead atoms. The molecule has 1 heterocycles. The van der Waals surface area contributed by atoms with Gasteiger partial charge in [0.2, 0.25) is 0 Å². The molecule has 2 heteroatoms. The van der Waals surface area contributed by atoms with Crippen LogP contribution in [0.1, 0.15) is 11.1 Å². The molecule has 0 saturated carbocycles. The maximum absolute atomic E-state index is 3.00. The van der Waals surface area contributed by atoms with Crippen molar-refractivity contribution in [1.29, 1.82) is 0 Å². The van der Waals surface area contributed by atoms with Gasteiger partial charge in [0.05, 0.1) is 0 Å². The quantitative estimate of drug-likeness (QED) is 0.490. The van der Waals surface area contributed by atoms with Gasteiger partial charge in [-0.3, -0.25) is 0 Å². The second-order valence-corrected chi connectivity index (χ2v) is 1.82. The van der Waals surface area contributed by atoms with Crippen LogP contribution in [0.15, 0.2) is 12.4 Å². The average Bonchev–Trinajstić information content (AvgIpc) is 1.91. The Labute approximate surface area is 71.8 Å². The molecule has 0 saturated heterocycles. The Kier molecular flexibility index (Phi) is 3.45. The summed E-state index contributed by atoms with van der Waals surface area (Å²) in [6.07, 6.45) is 3.99. The van der Waals surface area contributed by atoms with E-state index in [2.05, 4.69) is 18.8 Å². The van der Waals surface area contributed by atoms with Crippen molar-refractivity contribution >= 4 is 29.6 Å². The first kappa shape index (κ1) is 8.28. The number of aromatic nitrogens is 1. The molecule has 0 amide bonds. The van der Waals surface area contributed by atoms with E-state index in [0.717, 1.165) is 0 Å². The first-order valence-electron chi connectivity index (χ1n) is 2.40. The third-order valence-corrected chi connectivity index (χ3v) is 1.22. The van der Waals surface area contributed by atoms with Crippen molar-refractivity contribution in [3.63, 3.8) is 0 Å². The second kappa shape index (κ2) is 3.33. The van der Waals surface area contributed by atoms with E-state index in [4.69, 9.17) is 0 Å². The summed E-state index contributed by atoms with van der Waals surface area (Å²) in [6.45, 7) is 4.18. The summed E-state index contributed by atoms with van der Waals surface area (Å²) in [6, 6.07) is 0. The van der Waals surface area contributed by atoms with Gasteiger partial charge in [-0.15, -0.1) is 0 Å². The van der Waals surface area contributed by atoms with Gasteiger partial charge in [0.15, 0.2) is 0 Å². The summed E-state index contributed by atoms with van der Waals surface area (Å²) in [5, 5.41) is 0. The predicted octanol–water partition coefficient (Wildman–Crippen LogP) is 0.983. The Hall–Kier alpha value is 0.280. The number of hydrogen-bond donors (Lipinski definition) is 1. The second-order valence-electron chi connectivity index (χ2n) is 1.82. The molecule has 1 aromatic heterocycles. The first-order valence-corrected chi connectivity index (χ1v) is 2.40. The normalized spacial score (nSPS) is 8.25. The van der Waals surface area contributed by atoms with E-state index < -0.39 is 0 Å². The fourth-order valence-corrected chi connectivity index (χ4v) is 0.519. The van der Waals surface area contributed by atoms with Crippen molar-refractivity contribution in [2.45, 2.75) is 13.8 Å². The Morgan fingerprint density at radius 2 is 1.50 bits per heavy atom. The Morgan fingerprint density at radius 1 is 1.12 bits per heavy atom. The van der Waals surface area contributed by atoms with Gasteiger partial charge < -0.3 is 4.98 Å². The molecule has 0 aromatic carbocycles. The van der Waals surface area contributed by atoms with E-state index in [9.17, 15) is 0 Å². The molecule has 0 fully saturated rings. The third kappa shape index (κ3) is 1.66. The molecule has 0 aliphatic heterocycles. The summed E-state index contributed by atoms with van der Waals surface area (Å²) >= 11 is 0. The Morgan fingerprint density at radius 3 is 1.62 bits per heavy atom. The van der Waals surface area contributed by atoms with Gasteiger partial charge in [-0.25, -0.2) is 0 Å². The van der Waals surface area contributed by atoms with Crippen LogP contribution in [0.4, 0.5) is 0 Å². The SMILES string of the molecule is Cc1c[nH]cc1C.[NaH]. The molecular formula is C6H10NNa. The van der Waals surface area contributed by atoms with Crippen LogP contribution in [-0.4, -0.2) is 34.5 Å². The Balaban J connectivity index is 0.000000490. The van der Waals surface area contributed by atoms with Crippen molar-refractivity contribution in [1.82, 2.24) is 4.98 Å². The minimum atomic E-state index is 0. The summed E-state index contributed by atoms with van der Waals surface area (Å²) in [5.41, 5.74) is 2.67. The zero-order chi connectivity index (χ0) is 5.28. The first-order chi connectivity index (χ1) is 3.30. The van der Waals surface area contributed by atoms with Crippen LogP contribution in [0.5, 0.6) is 0 Å². The summed E-state index contributed by atoms with van der Waals surface area (Å²) in [7, 11) is 0. The van der Waals surface area contributed by atoms with E-state index >= 15 is 0 Å². The molecule has 1 N–H and O–H groups in total. The molecule has 0 radical (unpaired) electrons. The van der Waals surface area contributed by atoms with E-state index in [1.165, 1.54) is 11.1 Å². The van der Waals surface area contributed by atoms with Crippen LogP contribution in [0.25, 0.3) is 0 Å². The van der Waals surface area contributed by atoms with Crippen LogP contribution >= 0.6 is 0 Å². The van der Waals surface area contributed by atoms with E-state index in [1.807, 2.05) is 12.4 Å². The number of hydrogen-bond acceptors (Lipinski definition) is 0. The molecular weight excluding hydrogens is 109 g/mol. The van der Waals surface area contributed by atoms with E-state index in [1.54, 1.807) is 0 Å². The van der Waals surface area contributed by atoms with Crippen molar-refractivity contribution in [2.75, 3.05) is 0 Å². The van der Waals surface area contributed by atoms with E-state index in [-0.39, 0.29) is 29.6 Å². The molecule has 1 rings (SSSR count). The summed E-state index contributed by atoms with van der Waals surface area (Å²) < 4.78 is 0. The molecule has 0 unspecified atom stereocenters. The third-order valence-electron chi connectivity index (χ3n) is 1.22. The van der Waals surface area contributed by atoms with Gasteiger partial charge in [-0.05, 0) is 25.0 Å². The van der Waals surface area contributed by atoms with Crippen LogP contribution < -0.4 is 0 Å². The standard InChI is InChI=1S/C6H9N.Na.H/c1-5-3-7-4-6(5)2;;/h3-4,7H,1-2H3;;. The van der Waals surface area contributed by atoms with Crippen molar-refractivity contribution in [3.05, 3.63) is 23.5 Å². The van der Waals surface area contributed by atoms with Crippen molar-refractivity contribution in [2.24, 2.45) is 0 Å². The molecule has 1 nitrogen and oxygen atoms in total. The molecule has 0 spiro atoms. The molecule has 0 aliphatic rings. The molecule has 8 heavy (non-hydrogen) atoms. The van der Waals surface area contributed by atoms with Crippen LogP contribution in [0.2, 0.25) is 0 Å². The molecule has 0 atom stereocenters. The summed E-state index contributed by atoms with van der Waals surface area (Å²) in [5.74, 6) is 0. The number of nitrogens with one attached hydrogen (secondary N) is 1. The molecule has 40 valence electrons. The fourth-order valence-electron chi connectivity index (χ4n) is 0.519. The number of H-pyrrole nitrogens is 1. The van der Waals surface area contributed by atoms with Crippen molar-refractivity contribution in [3.8, 4) is 0 Å². The van der Waals surface area contributed by atoms with Gasteiger partial charge in [0.25, 0.3) is 0 Å². The summed E-state index contributed by atoms with van der Waals surface area (Å²) in [4.78, 5) is 3.00. The van der Waals surface area contributed by atoms with Crippen molar-refractivity contribution < 1.29 is 0 Å². The Bertz CT molecular complexity index is 141. The molecule has 1 aromatic rings. The van der Waals surface area contributed by atoms with Gasteiger partial charge in [-0.2, -0.15) is 0 Å². The number of rotatable bonds is 0. The monoisotopic (exact) mass is 119 g/mol.